The van der Waals surface area contributed by atoms with Crippen LogP contribution >= 0.6 is 0 Å². The normalized spacial score (nSPS) is 12.8. The highest BCUT2D eigenvalue weighted by molar-refractivity contribution is 4.82. The molecule has 3 nitrogen and oxygen atoms in total. The summed E-state index contributed by atoms with van der Waals surface area (Å²) in [6.07, 6.45) is 49.5. The molecule has 0 heterocycles. The Labute approximate surface area is 291 Å². The van der Waals surface area contributed by atoms with Gasteiger partial charge < -0.3 is 15.0 Å². The first kappa shape index (κ1) is 45.4. The van der Waals surface area contributed by atoms with Gasteiger partial charge in [-0.25, -0.2) is 0 Å². The Bertz CT molecular complexity index is 602. The number of allylic oxidation sites excluding steroid dienone is 4. The van der Waals surface area contributed by atoms with Crippen LogP contribution in [0.15, 0.2) is 24.3 Å². The molecular weight excluding hydrogens is 560 g/mol. The van der Waals surface area contributed by atoms with Crippen molar-refractivity contribution in [3.8, 4) is 0 Å². The average Bonchev–Trinajstić information content (AvgIpc) is 3.04. The highest BCUT2D eigenvalue weighted by atomic mass is 16.5. The summed E-state index contributed by atoms with van der Waals surface area (Å²) in [7, 11) is 4.43. The zero-order chi connectivity index (χ0) is 33.4. The maximum Gasteiger partial charge on any atom is 0.0590 e. The van der Waals surface area contributed by atoms with Crippen LogP contribution in [-0.2, 0) is 4.74 Å². The summed E-state index contributed by atoms with van der Waals surface area (Å²) in [6.45, 7) is 9.68. The molecule has 0 amide bonds. The molecular formula is C43H86N2O. The van der Waals surface area contributed by atoms with Gasteiger partial charge in [0.15, 0.2) is 0 Å². The molecule has 0 fully saturated rings. The van der Waals surface area contributed by atoms with Crippen molar-refractivity contribution in [1.29, 1.82) is 0 Å². The lowest BCUT2D eigenvalue weighted by atomic mass is 9.99. The average molecular weight is 647 g/mol. The molecule has 1 N–H and O–H groups in total. The SMILES string of the molecule is CCCCCCCC/C=C\CCCCCCCCOCCNCC(CCCCCCCC/C=C\CCCCCCCC)CN(C)C. The third kappa shape index (κ3) is 39.5. The molecule has 0 aliphatic carbocycles. The van der Waals surface area contributed by atoms with Gasteiger partial charge in [-0.2, -0.15) is 0 Å². The molecule has 0 bridgehead atoms. The summed E-state index contributed by atoms with van der Waals surface area (Å²) in [5, 5.41) is 3.69. The quantitative estimate of drug-likeness (QED) is 0.0531. The van der Waals surface area contributed by atoms with Crippen molar-refractivity contribution >= 4 is 0 Å². The van der Waals surface area contributed by atoms with Gasteiger partial charge in [0.05, 0.1) is 6.61 Å². The summed E-state index contributed by atoms with van der Waals surface area (Å²) in [5.41, 5.74) is 0. The van der Waals surface area contributed by atoms with E-state index in [1.165, 1.54) is 193 Å². The van der Waals surface area contributed by atoms with E-state index in [0.29, 0.717) is 0 Å². The van der Waals surface area contributed by atoms with E-state index in [-0.39, 0.29) is 0 Å². The van der Waals surface area contributed by atoms with Crippen LogP contribution < -0.4 is 5.32 Å². The van der Waals surface area contributed by atoms with E-state index < -0.39 is 0 Å². The van der Waals surface area contributed by atoms with E-state index in [2.05, 4.69) is 62.5 Å². The Morgan fingerprint density at radius 3 is 1.30 bits per heavy atom. The van der Waals surface area contributed by atoms with Crippen LogP contribution in [-0.4, -0.2) is 51.8 Å². The second-order valence-electron chi connectivity index (χ2n) is 14.6. The molecule has 0 saturated heterocycles. The van der Waals surface area contributed by atoms with Gasteiger partial charge >= 0.3 is 0 Å². The predicted molar refractivity (Wildman–Crippen MR) is 209 cm³/mol. The van der Waals surface area contributed by atoms with Gasteiger partial charge in [0.1, 0.15) is 0 Å². The Morgan fingerprint density at radius 1 is 0.478 bits per heavy atom. The molecule has 0 saturated carbocycles. The van der Waals surface area contributed by atoms with Crippen molar-refractivity contribution < 1.29 is 4.74 Å². The van der Waals surface area contributed by atoms with Crippen molar-refractivity contribution in [1.82, 2.24) is 10.2 Å². The van der Waals surface area contributed by atoms with E-state index in [1.54, 1.807) is 0 Å². The number of nitrogens with one attached hydrogen (secondary N) is 1. The molecule has 0 aromatic heterocycles. The first-order valence-corrected chi connectivity index (χ1v) is 20.9. The molecule has 1 unspecified atom stereocenters. The van der Waals surface area contributed by atoms with Crippen LogP contribution in [0.3, 0.4) is 0 Å². The van der Waals surface area contributed by atoms with Crippen molar-refractivity contribution in [3.05, 3.63) is 24.3 Å². The Morgan fingerprint density at radius 2 is 0.870 bits per heavy atom. The third-order valence-electron chi connectivity index (χ3n) is 9.40. The second kappa shape index (κ2) is 40.5. The van der Waals surface area contributed by atoms with Crippen LogP contribution in [0, 0.1) is 5.92 Å². The van der Waals surface area contributed by atoms with Crippen LogP contribution in [0.5, 0.6) is 0 Å². The fourth-order valence-electron chi connectivity index (χ4n) is 6.46. The molecule has 3 heteroatoms. The van der Waals surface area contributed by atoms with Crippen LogP contribution in [0.1, 0.15) is 200 Å². The lowest BCUT2D eigenvalue weighted by molar-refractivity contribution is 0.130. The zero-order valence-corrected chi connectivity index (χ0v) is 32.3. The number of rotatable bonds is 39. The smallest absolute Gasteiger partial charge is 0.0590 e. The lowest BCUT2D eigenvalue weighted by Crippen LogP contribution is -2.32. The van der Waals surface area contributed by atoms with Gasteiger partial charge in [0, 0.05) is 19.7 Å². The van der Waals surface area contributed by atoms with Gasteiger partial charge in [-0.15, -0.1) is 0 Å². The van der Waals surface area contributed by atoms with Gasteiger partial charge in [-0.05, 0) is 90.8 Å². The minimum atomic E-state index is 0.752. The van der Waals surface area contributed by atoms with E-state index in [4.69, 9.17) is 4.74 Å². The first-order chi connectivity index (χ1) is 22.7. The topological polar surface area (TPSA) is 24.5 Å². The fourth-order valence-corrected chi connectivity index (χ4v) is 6.46. The standard InChI is InChI=1S/C43H86N2O/c1-5-7-9-11-13-15-17-19-21-23-25-27-29-31-33-35-37-43(42-45(3)4)41-44-38-40-46-39-36-34-32-30-28-26-24-22-20-18-16-14-12-10-8-6-2/h19-22,43-44H,5-18,23-42H2,1-4H3/b21-19-,22-20-. The lowest BCUT2D eigenvalue weighted by Gasteiger charge is -2.21. The fraction of sp³-hybridized carbons (Fsp3) is 0.907. The monoisotopic (exact) mass is 647 g/mol. The number of hydrogen-bond donors (Lipinski definition) is 1. The minimum absolute atomic E-state index is 0.752. The molecule has 1 atom stereocenters. The summed E-state index contributed by atoms with van der Waals surface area (Å²) in [5.74, 6) is 0.752. The van der Waals surface area contributed by atoms with Crippen molar-refractivity contribution in [2.75, 3.05) is 46.9 Å². The summed E-state index contributed by atoms with van der Waals surface area (Å²) >= 11 is 0. The molecule has 274 valence electrons. The van der Waals surface area contributed by atoms with Gasteiger partial charge in [0.25, 0.3) is 0 Å². The second-order valence-corrected chi connectivity index (χ2v) is 14.6. The molecule has 0 aromatic rings. The molecule has 46 heavy (non-hydrogen) atoms. The molecule has 0 rings (SSSR count). The van der Waals surface area contributed by atoms with E-state index in [0.717, 1.165) is 32.2 Å². The Hall–Kier alpha value is -0.640. The largest absolute Gasteiger partial charge is 0.380 e. The third-order valence-corrected chi connectivity index (χ3v) is 9.40. The summed E-state index contributed by atoms with van der Waals surface area (Å²) < 4.78 is 5.92. The van der Waals surface area contributed by atoms with Crippen LogP contribution in [0.25, 0.3) is 0 Å². The predicted octanol–water partition coefficient (Wildman–Crippen LogP) is 13.2. The number of nitrogens with zero attached hydrogens (tertiary/aromatic N) is 1. The van der Waals surface area contributed by atoms with Gasteiger partial charge in [-0.1, -0.05) is 160 Å². The highest BCUT2D eigenvalue weighted by Crippen LogP contribution is 2.14. The molecule has 0 aliphatic heterocycles. The summed E-state index contributed by atoms with van der Waals surface area (Å²) in [4.78, 5) is 2.36. The zero-order valence-electron chi connectivity index (χ0n) is 32.3. The summed E-state index contributed by atoms with van der Waals surface area (Å²) in [6, 6.07) is 0. The Kier molecular flexibility index (Phi) is 40.0. The van der Waals surface area contributed by atoms with E-state index >= 15 is 0 Å². The first-order valence-electron chi connectivity index (χ1n) is 20.9. The molecule has 0 aromatic carbocycles. The maximum atomic E-state index is 5.92. The van der Waals surface area contributed by atoms with E-state index in [1.807, 2.05) is 0 Å². The van der Waals surface area contributed by atoms with Crippen molar-refractivity contribution in [3.63, 3.8) is 0 Å². The Balaban J connectivity index is 3.49. The van der Waals surface area contributed by atoms with Crippen molar-refractivity contribution in [2.24, 2.45) is 5.92 Å². The van der Waals surface area contributed by atoms with Gasteiger partial charge in [0.2, 0.25) is 0 Å². The number of ether oxygens (including phenoxy) is 1. The van der Waals surface area contributed by atoms with E-state index in [9.17, 15) is 0 Å². The number of unbranched alkanes of at least 4 members (excludes halogenated alkanes) is 24. The minimum Gasteiger partial charge on any atom is -0.380 e. The number of hydrogen-bond acceptors (Lipinski definition) is 3. The van der Waals surface area contributed by atoms with Crippen molar-refractivity contribution in [2.45, 2.75) is 200 Å². The molecule has 0 spiro atoms. The molecule has 0 radical (unpaired) electrons. The van der Waals surface area contributed by atoms with Crippen LogP contribution in [0.2, 0.25) is 0 Å². The maximum absolute atomic E-state index is 5.92. The molecule has 0 aliphatic rings. The van der Waals surface area contributed by atoms with Gasteiger partial charge in [-0.3, -0.25) is 0 Å². The highest BCUT2D eigenvalue weighted by Gasteiger charge is 2.09. The van der Waals surface area contributed by atoms with Crippen LogP contribution in [0.4, 0.5) is 0 Å².